The Morgan fingerprint density at radius 3 is 2.85 bits per heavy atom. The lowest BCUT2D eigenvalue weighted by atomic mass is 10.5. The summed E-state index contributed by atoms with van der Waals surface area (Å²) in [6.07, 6.45) is 1.31. The van der Waals surface area contributed by atoms with Crippen molar-refractivity contribution in [2.75, 3.05) is 11.8 Å². The van der Waals surface area contributed by atoms with E-state index in [1.54, 1.807) is 0 Å². The smallest absolute Gasteiger partial charge is 0.349 e. The standard InChI is InChI=1S/C10H8ClN3O4S2/c1-18-9(15)8-6(3-5-19-8)20(16,17)14-10-12-4-2-7(11)13-10/h2-5H,1H3,(H,12,13,14). The molecule has 0 unspecified atom stereocenters. The van der Waals surface area contributed by atoms with Crippen molar-refractivity contribution in [1.29, 1.82) is 0 Å². The molecule has 0 aromatic carbocycles. The monoisotopic (exact) mass is 333 g/mol. The first-order chi connectivity index (χ1) is 9.44. The van der Waals surface area contributed by atoms with Crippen LogP contribution in [0.3, 0.4) is 0 Å². The number of aromatic nitrogens is 2. The largest absolute Gasteiger partial charge is 0.465 e. The summed E-state index contributed by atoms with van der Waals surface area (Å²) in [4.78, 5) is 18.7. The predicted molar refractivity (Wildman–Crippen MR) is 73.5 cm³/mol. The molecule has 0 saturated heterocycles. The number of carbonyl (C=O) groups excluding carboxylic acids is 1. The second kappa shape index (κ2) is 5.73. The molecular weight excluding hydrogens is 326 g/mol. The molecule has 0 radical (unpaired) electrons. The molecule has 1 N–H and O–H groups in total. The number of hydrogen-bond donors (Lipinski definition) is 1. The molecule has 106 valence electrons. The zero-order valence-electron chi connectivity index (χ0n) is 10.0. The quantitative estimate of drug-likeness (QED) is 0.676. The minimum absolute atomic E-state index is 0.0259. The normalized spacial score (nSPS) is 11.1. The Balaban J connectivity index is 2.36. The maximum atomic E-state index is 12.2. The van der Waals surface area contributed by atoms with Crippen LogP contribution in [0.1, 0.15) is 9.67 Å². The van der Waals surface area contributed by atoms with Crippen LogP contribution >= 0.6 is 22.9 Å². The van der Waals surface area contributed by atoms with Gasteiger partial charge in [-0.1, -0.05) is 11.6 Å². The molecule has 0 bridgehead atoms. The van der Waals surface area contributed by atoms with Gasteiger partial charge in [-0.25, -0.2) is 27.9 Å². The molecule has 0 amide bonds. The molecule has 0 aliphatic carbocycles. The average Bonchev–Trinajstić information content (AvgIpc) is 2.87. The maximum Gasteiger partial charge on any atom is 0.349 e. The van der Waals surface area contributed by atoms with Gasteiger partial charge < -0.3 is 4.74 Å². The highest BCUT2D eigenvalue weighted by Gasteiger charge is 2.25. The van der Waals surface area contributed by atoms with Crippen molar-refractivity contribution in [3.05, 3.63) is 33.7 Å². The van der Waals surface area contributed by atoms with Crippen LogP contribution in [0.4, 0.5) is 5.95 Å². The molecule has 0 spiro atoms. The highest BCUT2D eigenvalue weighted by molar-refractivity contribution is 7.93. The number of rotatable bonds is 4. The molecule has 10 heteroatoms. The lowest BCUT2D eigenvalue weighted by Crippen LogP contribution is -2.17. The van der Waals surface area contributed by atoms with Crippen LogP contribution in [0, 0.1) is 0 Å². The number of hydrogen-bond acceptors (Lipinski definition) is 7. The van der Waals surface area contributed by atoms with Crippen LogP contribution in [0.2, 0.25) is 5.15 Å². The number of methoxy groups -OCH3 is 1. The van der Waals surface area contributed by atoms with Crippen molar-refractivity contribution < 1.29 is 17.9 Å². The van der Waals surface area contributed by atoms with E-state index in [1.165, 1.54) is 30.8 Å². The van der Waals surface area contributed by atoms with E-state index in [0.29, 0.717) is 0 Å². The molecule has 2 aromatic heterocycles. The van der Waals surface area contributed by atoms with Gasteiger partial charge in [-0.05, 0) is 17.5 Å². The molecule has 2 aromatic rings. The fourth-order valence-corrected chi connectivity index (χ4v) is 3.73. The van der Waals surface area contributed by atoms with E-state index in [9.17, 15) is 13.2 Å². The molecule has 0 fully saturated rings. The summed E-state index contributed by atoms with van der Waals surface area (Å²) in [6.45, 7) is 0. The fourth-order valence-electron chi connectivity index (χ4n) is 1.31. The Labute approximate surface area is 123 Å². The van der Waals surface area contributed by atoms with E-state index in [1.807, 2.05) is 0 Å². The predicted octanol–water partition coefficient (Wildman–Crippen LogP) is 1.78. The number of ether oxygens (including phenoxy) is 1. The van der Waals surface area contributed by atoms with Crippen LogP contribution < -0.4 is 4.72 Å². The number of halogens is 1. The molecule has 0 saturated carbocycles. The van der Waals surface area contributed by atoms with E-state index in [2.05, 4.69) is 19.4 Å². The first-order valence-corrected chi connectivity index (χ1v) is 7.85. The van der Waals surface area contributed by atoms with Crippen molar-refractivity contribution in [2.45, 2.75) is 4.90 Å². The molecule has 0 aliphatic rings. The van der Waals surface area contributed by atoms with Gasteiger partial charge in [0, 0.05) is 6.20 Å². The number of nitrogens with zero attached hydrogens (tertiary/aromatic N) is 2. The zero-order valence-corrected chi connectivity index (χ0v) is 12.4. The van der Waals surface area contributed by atoms with Gasteiger partial charge in [0.2, 0.25) is 5.95 Å². The fraction of sp³-hybridized carbons (Fsp3) is 0.100. The maximum absolute atomic E-state index is 12.2. The number of esters is 1. The minimum atomic E-state index is -4.00. The number of thiophene rings is 1. The first kappa shape index (κ1) is 14.7. The van der Waals surface area contributed by atoms with Crippen LogP contribution in [-0.4, -0.2) is 31.5 Å². The summed E-state index contributed by atoms with van der Waals surface area (Å²) in [6, 6.07) is 2.70. The third kappa shape index (κ3) is 3.06. The molecule has 20 heavy (non-hydrogen) atoms. The van der Waals surface area contributed by atoms with E-state index in [4.69, 9.17) is 11.6 Å². The van der Waals surface area contributed by atoms with Gasteiger partial charge in [-0.3, -0.25) is 0 Å². The van der Waals surface area contributed by atoms with Gasteiger partial charge >= 0.3 is 5.97 Å². The van der Waals surface area contributed by atoms with Gasteiger partial charge in [0.1, 0.15) is 14.9 Å². The van der Waals surface area contributed by atoms with Crippen molar-refractivity contribution in [3.8, 4) is 0 Å². The Kier molecular flexibility index (Phi) is 4.21. The SMILES string of the molecule is COC(=O)c1sccc1S(=O)(=O)Nc1nccc(Cl)n1. The van der Waals surface area contributed by atoms with Crippen molar-refractivity contribution in [1.82, 2.24) is 9.97 Å². The molecule has 2 rings (SSSR count). The topological polar surface area (TPSA) is 98.2 Å². The van der Waals surface area contributed by atoms with Gasteiger partial charge in [0.15, 0.2) is 0 Å². The number of nitrogens with one attached hydrogen (secondary N) is 1. The molecule has 2 heterocycles. The first-order valence-electron chi connectivity index (χ1n) is 5.11. The second-order valence-electron chi connectivity index (χ2n) is 3.41. The summed E-state index contributed by atoms with van der Waals surface area (Å²) >= 11 is 6.61. The molecule has 0 atom stereocenters. The van der Waals surface area contributed by atoms with Crippen LogP contribution in [-0.2, 0) is 14.8 Å². The number of carbonyl (C=O) groups is 1. The van der Waals surface area contributed by atoms with E-state index in [-0.39, 0.29) is 20.9 Å². The van der Waals surface area contributed by atoms with Gasteiger partial charge in [-0.2, -0.15) is 0 Å². The summed E-state index contributed by atoms with van der Waals surface area (Å²) in [7, 11) is -2.82. The Hall–Kier alpha value is -1.71. The molecular formula is C10H8ClN3O4S2. The van der Waals surface area contributed by atoms with E-state index >= 15 is 0 Å². The third-order valence-corrected chi connectivity index (χ3v) is 4.74. The van der Waals surface area contributed by atoms with Gasteiger partial charge in [0.05, 0.1) is 7.11 Å². The van der Waals surface area contributed by atoms with Crippen LogP contribution in [0.15, 0.2) is 28.6 Å². The minimum Gasteiger partial charge on any atom is -0.465 e. The van der Waals surface area contributed by atoms with Crippen molar-refractivity contribution in [3.63, 3.8) is 0 Å². The lowest BCUT2D eigenvalue weighted by molar-refractivity contribution is 0.0602. The lowest BCUT2D eigenvalue weighted by Gasteiger charge is -2.06. The molecule has 7 nitrogen and oxygen atoms in total. The van der Waals surface area contributed by atoms with Crippen LogP contribution in [0.5, 0.6) is 0 Å². The second-order valence-corrected chi connectivity index (χ2v) is 6.37. The van der Waals surface area contributed by atoms with E-state index in [0.717, 1.165) is 11.3 Å². The summed E-state index contributed by atoms with van der Waals surface area (Å²) in [5.74, 6) is -0.910. The third-order valence-electron chi connectivity index (χ3n) is 2.14. The number of sulfonamides is 1. The van der Waals surface area contributed by atoms with Crippen molar-refractivity contribution >= 4 is 44.9 Å². The van der Waals surface area contributed by atoms with Gasteiger partial charge in [0.25, 0.3) is 10.0 Å². The zero-order chi connectivity index (χ0) is 14.8. The summed E-state index contributed by atoms with van der Waals surface area (Å²) in [5, 5.41) is 1.57. The highest BCUT2D eigenvalue weighted by Crippen LogP contribution is 2.24. The highest BCUT2D eigenvalue weighted by atomic mass is 35.5. The Morgan fingerprint density at radius 2 is 2.20 bits per heavy atom. The summed E-state index contributed by atoms with van der Waals surface area (Å²) < 4.78 is 31.0. The summed E-state index contributed by atoms with van der Waals surface area (Å²) in [5.41, 5.74) is 0. The van der Waals surface area contributed by atoms with E-state index < -0.39 is 16.0 Å². The van der Waals surface area contributed by atoms with Crippen LogP contribution in [0.25, 0.3) is 0 Å². The molecule has 0 aliphatic heterocycles. The average molecular weight is 334 g/mol. The van der Waals surface area contributed by atoms with Gasteiger partial charge in [-0.15, -0.1) is 11.3 Å². The Bertz CT molecular complexity index is 744. The van der Waals surface area contributed by atoms with Crippen molar-refractivity contribution in [2.24, 2.45) is 0 Å². The Morgan fingerprint density at radius 1 is 1.45 bits per heavy atom. The number of anilines is 1.